The van der Waals surface area contributed by atoms with Crippen molar-refractivity contribution in [2.75, 3.05) is 18.4 Å². The Labute approximate surface area is 192 Å². The molecule has 2 aliphatic heterocycles. The normalized spacial score (nSPS) is 19.3. The van der Waals surface area contributed by atoms with Crippen LogP contribution >= 0.6 is 0 Å². The Morgan fingerprint density at radius 1 is 1.18 bits per heavy atom. The molecule has 1 atom stereocenters. The number of carbonyl (C=O) groups is 2. The zero-order chi connectivity index (χ0) is 23.6. The number of fused-ring (bicyclic) bond motifs is 1. The second-order valence-corrected chi connectivity index (χ2v) is 10.1. The molecule has 2 aromatic carbocycles. The summed E-state index contributed by atoms with van der Waals surface area (Å²) in [5.41, 5.74) is 1.12. The average molecular weight is 476 g/mol. The lowest BCUT2D eigenvalue weighted by Crippen LogP contribution is -2.43. The topological polar surface area (TPSA) is 105 Å². The number of amides is 2. The van der Waals surface area contributed by atoms with E-state index in [0.29, 0.717) is 37.2 Å². The lowest BCUT2D eigenvalue weighted by atomic mass is 9.97. The minimum atomic E-state index is -3.78. The smallest absolute Gasteiger partial charge is 0.265 e. The maximum absolute atomic E-state index is 13.1. The summed E-state index contributed by atoms with van der Waals surface area (Å²) in [6.45, 7) is 2.56. The Morgan fingerprint density at radius 3 is 2.55 bits per heavy atom. The van der Waals surface area contributed by atoms with E-state index >= 15 is 0 Å². The van der Waals surface area contributed by atoms with Gasteiger partial charge in [0.15, 0.2) is 6.10 Å². The molecule has 4 rings (SSSR count). The van der Waals surface area contributed by atoms with Crippen LogP contribution in [0, 0.1) is 11.7 Å². The first-order chi connectivity index (χ1) is 15.8. The fourth-order valence-electron chi connectivity index (χ4n) is 4.00. The van der Waals surface area contributed by atoms with Crippen molar-refractivity contribution >= 4 is 27.5 Å². The number of sulfonamides is 1. The number of benzene rings is 2. The summed E-state index contributed by atoms with van der Waals surface area (Å²) in [7, 11) is -3.78. The molecule has 2 heterocycles. The molecule has 176 valence electrons. The maximum Gasteiger partial charge on any atom is 0.265 e. The molecule has 33 heavy (non-hydrogen) atoms. The van der Waals surface area contributed by atoms with E-state index in [9.17, 15) is 22.4 Å². The second-order valence-electron chi connectivity index (χ2n) is 8.18. The number of nitrogens with zero attached hydrogens (tertiary/aromatic N) is 1. The Kier molecular flexibility index (Phi) is 6.66. The van der Waals surface area contributed by atoms with Crippen molar-refractivity contribution in [3.63, 3.8) is 0 Å². The monoisotopic (exact) mass is 475 g/mol. The number of ether oxygens (including phenoxy) is 1. The molecule has 2 amide bonds. The summed E-state index contributed by atoms with van der Waals surface area (Å²) < 4.78 is 46.2. The highest BCUT2D eigenvalue weighted by Gasteiger charge is 2.33. The number of carbonyl (C=O) groups excluding carboxylic acids is 2. The molecule has 0 aliphatic carbocycles. The van der Waals surface area contributed by atoms with Gasteiger partial charge in [-0.2, -0.15) is 4.31 Å². The maximum atomic E-state index is 13.1. The van der Waals surface area contributed by atoms with Crippen molar-refractivity contribution in [2.24, 2.45) is 5.92 Å². The van der Waals surface area contributed by atoms with E-state index in [-0.39, 0.29) is 41.5 Å². The Hall–Kier alpha value is -2.98. The molecule has 0 unspecified atom stereocenters. The number of hydrogen-bond acceptors (Lipinski definition) is 5. The predicted molar refractivity (Wildman–Crippen MR) is 120 cm³/mol. The number of halogens is 1. The van der Waals surface area contributed by atoms with Crippen LogP contribution in [-0.2, 0) is 26.2 Å². The zero-order valence-corrected chi connectivity index (χ0v) is 19.0. The van der Waals surface area contributed by atoms with Crippen molar-refractivity contribution in [1.29, 1.82) is 0 Å². The van der Waals surface area contributed by atoms with Gasteiger partial charge in [-0.15, -0.1) is 0 Å². The lowest BCUT2D eigenvalue weighted by molar-refractivity contribution is -0.126. The summed E-state index contributed by atoms with van der Waals surface area (Å²) in [5.74, 6) is -0.629. The number of anilines is 1. The van der Waals surface area contributed by atoms with E-state index in [4.69, 9.17) is 4.74 Å². The van der Waals surface area contributed by atoms with Gasteiger partial charge in [0.1, 0.15) is 11.6 Å². The van der Waals surface area contributed by atoms with E-state index < -0.39 is 16.1 Å². The van der Waals surface area contributed by atoms with Gasteiger partial charge in [0, 0.05) is 25.6 Å². The Balaban J connectivity index is 1.36. The first-order valence-corrected chi connectivity index (χ1v) is 12.4. The van der Waals surface area contributed by atoms with E-state index in [0.717, 1.165) is 5.56 Å². The minimum absolute atomic E-state index is 0.0688. The summed E-state index contributed by atoms with van der Waals surface area (Å²) in [6.07, 6.45) is 0.723. The molecule has 10 heteroatoms. The summed E-state index contributed by atoms with van der Waals surface area (Å²) in [5, 5.41) is 5.54. The van der Waals surface area contributed by atoms with Crippen LogP contribution in [-0.4, -0.2) is 43.7 Å². The predicted octanol–water partition coefficient (Wildman–Crippen LogP) is 2.65. The van der Waals surface area contributed by atoms with Gasteiger partial charge in [0.25, 0.3) is 5.91 Å². The van der Waals surface area contributed by atoms with Crippen LogP contribution in [0.4, 0.5) is 10.1 Å². The third kappa shape index (κ3) is 5.01. The highest BCUT2D eigenvalue weighted by atomic mass is 32.2. The molecule has 0 saturated carbocycles. The van der Waals surface area contributed by atoms with Crippen molar-refractivity contribution in [3.8, 4) is 5.75 Å². The Bertz CT molecular complexity index is 1150. The van der Waals surface area contributed by atoms with Gasteiger partial charge >= 0.3 is 0 Å². The van der Waals surface area contributed by atoms with Crippen molar-refractivity contribution in [2.45, 2.75) is 43.7 Å². The van der Waals surface area contributed by atoms with Crippen molar-refractivity contribution in [3.05, 3.63) is 53.8 Å². The summed E-state index contributed by atoms with van der Waals surface area (Å²) in [6, 6.07) is 10.3. The summed E-state index contributed by atoms with van der Waals surface area (Å²) >= 11 is 0. The first-order valence-electron chi connectivity index (χ1n) is 10.9. The van der Waals surface area contributed by atoms with Gasteiger partial charge in [-0.3, -0.25) is 9.59 Å². The molecule has 2 aromatic rings. The van der Waals surface area contributed by atoms with Crippen molar-refractivity contribution in [1.82, 2.24) is 9.62 Å². The summed E-state index contributed by atoms with van der Waals surface area (Å²) in [4.78, 5) is 24.6. The lowest BCUT2D eigenvalue weighted by Gasteiger charge is -2.31. The minimum Gasteiger partial charge on any atom is -0.478 e. The molecule has 0 bridgehead atoms. The number of hydrogen-bond donors (Lipinski definition) is 2. The van der Waals surface area contributed by atoms with Crippen LogP contribution in [0.3, 0.4) is 0 Å². The highest BCUT2D eigenvalue weighted by Crippen LogP contribution is 2.34. The molecule has 2 aliphatic rings. The van der Waals surface area contributed by atoms with Crippen LogP contribution in [0.25, 0.3) is 0 Å². The molecule has 0 spiro atoms. The number of nitrogens with one attached hydrogen (secondary N) is 2. The second kappa shape index (κ2) is 9.48. The van der Waals surface area contributed by atoms with E-state index in [1.54, 1.807) is 18.2 Å². The van der Waals surface area contributed by atoms with Crippen LogP contribution in [0.1, 0.15) is 31.7 Å². The highest BCUT2D eigenvalue weighted by molar-refractivity contribution is 7.89. The zero-order valence-electron chi connectivity index (χ0n) is 18.2. The molecule has 0 aromatic heterocycles. The fraction of sp³-hybridized carbons (Fsp3) is 0.391. The van der Waals surface area contributed by atoms with Gasteiger partial charge in [-0.05, 0) is 55.2 Å². The largest absolute Gasteiger partial charge is 0.478 e. The third-order valence-electron chi connectivity index (χ3n) is 5.98. The molecule has 1 saturated heterocycles. The molecular weight excluding hydrogens is 449 g/mol. The van der Waals surface area contributed by atoms with Gasteiger partial charge in [-0.1, -0.05) is 19.1 Å². The van der Waals surface area contributed by atoms with Crippen LogP contribution in [0.15, 0.2) is 47.4 Å². The Morgan fingerprint density at radius 2 is 1.88 bits per heavy atom. The molecule has 8 nitrogen and oxygen atoms in total. The van der Waals surface area contributed by atoms with Crippen LogP contribution in [0.2, 0.25) is 0 Å². The fourth-order valence-corrected chi connectivity index (χ4v) is 5.50. The van der Waals surface area contributed by atoms with Gasteiger partial charge in [0.05, 0.1) is 10.6 Å². The number of piperidine rings is 1. The van der Waals surface area contributed by atoms with E-state index in [1.807, 2.05) is 6.92 Å². The molecule has 2 N–H and O–H groups in total. The first kappa shape index (κ1) is 23.2. The standard InChI is InChI=1S/C23H26FN3O5S/c1-2-20-23(29)26-19-13-18(7-8-21(19)32-20)33(30,31)27-11-9-16(10-12-27)22(28)25-14-15-3-5-17(24)6-4-15/h3-8,13,16,20H,2,9-12,14H2,1H3,(H,25,28)(H,26,29)/t20-/m0/s1. The van der Waals surface area contributed by atoms with Gasteiger partial charge < -0.3 is 15.4 Å². The van der Waals surface area contributed by atoms with Crippen LogP contribution in [0.5, 0.6) is 5.75 Å². The average Bonchev–Trinajstić information content (AvgIpc) is 2.82. The number of rotatable bonds is 6. The van der Waals surface area contributed by atoms with Crippen LogP contribution < -0.4 is 15.4 Å². The molecular formula is C23H26FN3O5S. The van der Waals surface area contributed by atoms with E-state index in [2.05, 4.69) is 10.6 Å². The van der Waals surface area contributed by atoms with Crippen molar-refractivity contribution < 1.29 is 27.1 Å². The van der Waals surface area contributed by atoms with Gasteiger partial charge in [-0.25, -0.2) is 12.8 Å². The van der Waals surface area contributed by atoms with Gasteiger partial charge in [0.2, 0.25) is 15.9 Å². The molecule has 1 fully saturated rings. The SMILES string of the molecule is CC[C@@H]1Oc2ccc(S(=O)(=O)N3CCC(C(=O)NCc4ccc(F)cc4)CC3)cc2NC1=O. The third-order valence-corrected chi connectivity index (χ3v) is 7.88. The quantitative estimate of drug-likeness (QED) is 0.668. The van der Waals surface area contributed by atoms with E-state index in [1.165, 1.54) is 28.6 Å². The molecule has 0 radical (unpaired) electrons.